The number of alkyl halides is 2. The molecule has 258 valence electrons. The number of carbonyl (C=O) groups excluding carboxylic acids is 6. The van der Waals surface area contributed by atoms with Crippen LogP contribution in [0.2, 0.25) is 0 Å². The molecule has 1 aliphatic heterocycles. The summed E-state index contributed by atoms with van der Waals surface area (Å²) in [7, 11) is 0. The smallest absolute Gasteiger partial charge is 0.289 e. The first kappa shape index (κ1) is 35.8. The van der Waals surface area contributed by atoms with E-state index in [9.17, 15) is 37.5 Å². The quantitative estimate of drug-likeness (QED) is 0.229. The lowest BCUT2D eigenvalue weighted by atomic mass is 9.85. The third-order valence-corrected chi connectivity index (χ3v) is 9.06. The summed E-state index contributed by atoms with van der Waals surface area (Å²) < 4.78 is 27.0. The number of ketones is 1. The summed E-state index contributed by atoms with van der Waals surface area (Å²) in [4.78, 5) is 89.1. The average molecular weight is 662 g/mol. The number of fused-ring (bicyclic) bond motifs is 1. The van der Waals surface area contributed by atoms with Gasteiger partial charge in [-0.05, 0) is 48.9 Å². The molecule has 6 atom stereocenters. The number of likely N-dealkylation sites (tertiary alicyclic amines) is 1. The summed E-state index contributed by atoms with van der Waals surface area (Å²) in [5, 5.41) is 10.3. The van der Waals surface area contributed by atoms with Crippen molar-refractivity contribution in [3.8, 4) is 0 Å². The van der Waals surface area contributed by atoms with Gasteiger partial charge in [-0.15, -0.1) is 0 Å². The molecule has 2 heterocycles. The zero-order valence-corrected chi connectivity index (χ0v) is 27.4. The molecule has 0 bridgehead atoms. The standard InChI is InChI=1S/C32H45F2N7O6/c1-16(2)23(39-27(43)21-14-35-11-12-36-21)28(44)40-26(32(3,4)5)31(47)41-15-17-7-6-8-19(17)24(41)29(45)38-20(13-22(33)34)25(42)30(46)37-18-9-10-18/h11-12,14,16-20,22-24,26H,6-10,13,15H2,1-5H3,(H,37,46)(H,38,45)(H,39,43)(H,40,44)/t17-,19-,20?,23+,24-,26+/m0/s1. The van der Waals surface area contributed by atoms with Gasteiger partial charge >= 0.3 is 0 Å². The molecule has 0 aromatic carbocycles. The van der Waals surface area contributed by atoms with Gasteiger partial charge in [-0.3, -0.25) is 33.8 Å². The number of amides is 5. The lowest BCUT2D eigenvalue weighted by Gasteiger charge is -2.37. The van der Waals surface area contributed by atoms with Crippen molar-refractivity contribution in [1.82, 2.24) is 36.1 Å². The summed E-state index contributed by atoms with van der Waals surface area (Å²) in [6, 6.07) is -5.21. The predicted octanol–water partition coefficient (Wildman–Crippen LogP) is 1.38. The molecule has 0 spiro atoms. The summed E-state index contributed by atoms with van der Waals surface area (Å²) >= 11 is 0. The second-order valence-electron chi connectivity index (χ2n) is 14.2. The van der Waals surface area contributed by atoms with E-state index in [4.69, 9.17) is 0 Å². The summed E-state index contributed by atoms with van der Waals surface area (Å²) in [5.74, 6) is -5.46. The second kappa shape index (κ2) is 14.8. The number of halogens is 2. The Kier molecular flexibility index (Phi) is 11.3. The van der Waals surface area contributed by atoms with Crippen LogP contribution in [0, 0.1) is 23.2 Å². The Morgan fingerprint density at radius 2 is 1.68 bits per heavy atom. The number of hydrogen-bond acceptors (Lipinski definition) is 8. The Morgan fingerprint density at radius 3 is 2.26 bits per heavy atom. The van der Waals surface area contributed by atoms with E-state index in [1.807, 2.05) is 0 Å². The molecular weight excluding hydrogens is 616 g/mol. The van der Waals surface area contributed by atoms with Crippen LogP contribution < -0.4 is 21.3 Å². The molecule has 2 aliphatic carbocycles. The van der Waals surface area contributed by atoms with Crippen molar-refractivity contribution in [2.45, 2.75) is 110 Å². The molecule has 1 unspecified atom stereocenters. The number of hydrogen-bond donors (Lipinski definition) is 4. The number of nitrogens with one attached hydrogen (secondary N) is 4. The van der Waals surface area contributed by atoms with Gasteiger partial charge in [0.1, 0.15) is 29.9 Å². The van der Waals surface area contributed by atoms with Gasteiger partial charge in [0.25, 0.3) is 11.8 Å². The van der Waals surface area contributed by atoms with Crippen LogP contribution in [0.25, 0.3) is 0 Å². The monoisotopic (exact) mass is 661 g/mol. The fourth-order valence-corrected chi connectivity index (χ4v) is 6.39. The molecule has 4 rings (SSSR count). The van der Waals surface area contributed by atoms with Crippen molar-refractivity contribution in [3.63, 3.8) is 0 Å². The number of rotatable bonds is 13. The van der Waals surface area contributed by atoms with Gasteiger partial charge in [0.2, 0.25) is 29.9 Å². The van der Waals surface area contributed by atoms with E-state index in [-0.39, 0.29) is 36.0 Å². The highest BCUT2D eigenvalue weighted by Gasteiger charge is 2.52. The number of nitrogens with zero attached hydrogens (tertiary/aromatic N) is 3. The Labute approximate surface area is 272 Å². The van der Waals surface area contributed by atoms with Crippen molar-refractivity contribution in [2.24, 2.45) is 23.2 Å². The minimum Gasteiger partial charge on any atom is -0.347 e. The van der Waals surface area contributed by atoms with Gasteiger partial charge < -0.3 is 26.2 Å². The molecule has 0 radical (unpaired) electrons. The van der Waals surface area contributed by atoms with E-state index in [2.05, 4.69) is 31.2 Å². The minimum atomic E-state index is -2.97. The highest BCUT2D eigenvalue weighted by molar-refractivity contribution is 6.38. The lowest BCUT2D eigenvalue weighted by Crippen LogP contribution is -2.62. The molecule has 3 aliphatic rings. The van der Waals surface area contributed by atoms with Crippen LogP contribution in [0.3, 0.4) is 0 Å². The highest BCUT2D eigenvalue weighted by atomic mass is 19.3. The first-order valence-corrected chi connectivity index (χ1v) is 16.2. The number of Topliss-reactive ketones (excluding diaryl/α,β-unsaturated/α-hetero) is 1. The summed E-state index contributed by atoms with van der Waals surface area (Å²) in [5.41, 5.74) is -0.836. The first-order valence-electron chi connectivity index (χ1n) is 16.2. The van der Waals surface area contributed by atoms with Crippen LogP contribution in [0.5, 0.6) is 0 Å². The first-order chi connectivity index (χ1) is 22.1. The largest absolute Gasteiger partial charge is 0.347 e. The Balaban J connectivity index is 1.54. The van der Waals surface area contributed by atoms with E-state index < -0.39 is 77.7 Å². The molecule has 47 heavy (non-hydrogen) atoms. The van der Waals surface area contributed by atoms with Gasteiger partial charge in [-0.1, -0.05) is 41.0 Å². The van der Waals surface area contributed by atoms with Crippen molar-refractivity contribution in [1.29, 1.82) is 0 Å². The third-order valence-electron chi connectivity index (χ3n) is 9.06. The third kappa shape index (κ3) is 8.86. The highest BCUT2D eigenvalue weighted by Crippen LogP contribution is 2.43. The van der Waals surface area contributed by atoms with Crippen molar-refractivity contribution < 1.29 is 37.5 Å². The normalized spacial score (nSPS) is 22.7. The van der Waals surface area contributed by atoms with Crippen LogP contribution in [-0.2, 0) is 24.0 Å². The van der Waals surface area contributed by atoms with E-state index in [0.717, 1.165) is 12.8 Å². The Bertz CT molecular complexity index is 1350. The molecule has 15 heteroatoms. The van der Waals surface area contributed by atoms with Crippen LogP contribution >= 0.6 is 0 Å². The lowest BCUT2D eigenvalue weighted by molar-refractivity contribution is -0.146. The molecule has 1 saturated heterocycles. The van der Waals surface area contributed by atoms with Gasteiger partial charge in [0.05, 0.1) is 6.20 Å². The number of carbonyl (C=O) groups is 6. The van der Waals surface area contributed by atoms with Crippen LogP contribution in [0.4, 0.5) is 8.78 Å². The summed E-state index contributed by atoms with van der Waals surface area (Å²) in [6.07, 6.45) is 3.54. The average Bonchev–Trinajstić information content (AvgIpc) is 3.57. The van der Waals surface area contributed by atoms with E-state index in [1.165, 1.54) is 23.5 Å². The van der Waals surface area contributed by atoms with Crippen molar-refractivity contribution in [2.75, 3.05) is 6.54 Å². The van der Waals surface area contributed by atoms with E-state index in [1.54, 1.807) is 34.6 Å². The molecule has 4 N–H and O–H groups in total. The molecule has 5 amide bonds. The molecule has 2 saturated carbocycles. The maximum atomic E-state index is 14.3. The van der Waals surface area contributed by atoms with Gasteiger partial charge in [0.15, 0.2) is 0 Å². The Hall–Kier alpha value is -4.04. The van der Waals surface area contributed by atoms with E-state index >= 15 is 0 Å². The predicted molar refractivity (Wildman–Crippen MR) is 165 cm³/mol. The van der Waals surface area contributed by atoms with Gasteiger partial charge in [0, 0.05) is 31.4 Å². The van der Waals surface area contributed by atoms with Gasteiger partial charge in [-0.2, -0.15) is 0 Å². The van der Waals surface area contributed by atoms with Crippen molar-refractivity contribution in [3.05, 3.63) is 24.3 Å². The zero-order chi connectivity index (χ0) is 34.6. The van der Waals surface area contributed by atoms with E-state index in [0.29, 0.717) is 19.3 Å². The molecule has 1 aromatic heterocycles. The number of aromatic nitrogens is 2. The zero-order valence-electron chi connectivity index (χ0n) is 27.4. The fourth-order valence-electron chi connectivity index (χ4n) is 6.39. The SMILES string of the molecule is CC(C)[C@@H](NC(=O)c1cnccn1)C(=O)N[C@H](C(=O)N1C[C@@H]2CCC[C@@H]2[C@H]1C(=O)NC(CC(F)F)C(=O)C(=O)NC1CC1)C(C)(C)C. The minimum absolute atomic E-state index is 0.0144. The topological polar surface area (TPSA) is 180 Å². The van der Waals surface area contributed by atoms with Crippen LogP contribution in [-0.4, -0.2) is 93.4 Å². The molecular formula is C32H45F2N7O6. The maximum Gasteiger partial charge on any atom is 0.289 e. The molecule has 3 fully saturated rings. The maximum absolute atomic E-state index is 14.3. The van der Waals surface area contributed by atoms with Crippen LogP contribution in [0.15, 0.2) is 18.6 Å². The van der Waals surface area contributed by atoms with Crippen LogP contribution in [0.1, 0.15) is 83.6 Å². The summed E-state index contributed by atoms with van der Waals surface area (Å²) in [6.45, 7) is 8.93. The molecule has 1 aromatic rings. The fraction of sp³-hybridized carbons (Fsp3) is 0.688. The van der Waals surface area contributed by atoms with Gasteiger partial charge in [-0.25, -0.2) is 13.8 Å². The Morgan fingerprint density at radius 1 is 0.979 bits per heavy atom. The van der Waals surface area contributed by atoms with Crippen molar-refractivity contribution >= 4 is 35.3 Å². The molecule has 13 nitrogen and oxygen atoms in total. The second-order valence-corrected chi connectivity index (χ2v) is 14.2.